The van der Waals surface area contributed by atoms with Gasteiger partial charge in [-0.05, 0) is 47.5 Å². The highest BCUT2D eigenvalue weighted by Crippen LogP contribution is 2.52. The van der Waals surface area contributed by atoms with Crippen molar-refractivity contribution in [1.29, 1.82) is 0 Å². The summed E-state index contributed by atoms with van der Waals surface area (Å²) in [6.45, 7) is 0. The zero-order valence-electron chi connectivity index (χ0n) is 18.8. The molecule has 1 N–H and O–H groups in total. The van der Waals surface area contributed by atoms with Crippen molar-refractivity contribution >= 4 is 64.3 Å². The van der Waals surface area contributed by atoms with Crippen LogP contribution in [0.4, 0.5) is 0 Å². The Bertz CT molecular complexity index is 1610. The predicted molar refractivity (Wildman–Crippen MR) is 144 cm³/mol. The summed E-state index contributed by atoms with van der Waals surface area (Å²) in [6.07, 6.45) is 1.59. The van der Waals surface area contributed by atoms with Crippen LogP contribution in [0.5, 0.6) is 0 Å². The molecule has 36 heavy (non-hydrogen) atoms. The van der Waals surface area contributed by atoms with E-state index in [0.29, 0.717) is 27.2 Å². The topological polar surface area (TPSA) is 89.6 Å². The summed E-state index contributed by atoms with van der Waals surface area (Å²) in [6, 6.07) is 19.5. The van der Waals surface area contributed by atoms with E-state index in [0.717, 1.165) is 32.9 Å². The van der Waals surface area contributed by atoms with Gasteiger partial charge < -0.3 is 14.0 Å². The van der Waals surface area contributed by atoms with E-state index in [2.05, 4.69) is 4.98 Å². The minimum absolute atomic E-state index is 0.0970. The number of carboxylic acid groups (broad SMARTS) is 1. The van der Waals surface area contributed by atoms with Crippen LogP contribution in [0.15, 0.2) is 77.3 Å². The van der Waals surface area contributed by atoms with Crippen molar-refractivity contribution < 1.29 is 23.4 Å². The van der Waals surface area contributed by atoms with Gasteiger partial charge in [0.15, 0.2) is 5.58 Å². The zero-order valence-corrected chi connectivity index (χ0v) is 22.0. The van der Waals surface area contributed by atoms with E-state index in [1.165, 1.54) is 13.2 Å². The maximum Gasteiger partial charge on any atom is 0.346 e. The molecule has 1 unspecified atom stereocenters. The Labute approximate surface area is 220 Å². The number of fused-ring (bicyclic) bond motifs is 1. The Morgan fingerprint density at radius 2 is 1.83 bits per heavy atom. The minimum atomic E-state index is -3.50. The van der Waals surface area contributed by atoms with E-state index in [4.69, 9.17) is 32.1 Å². The molecule has 0 radical (unpaired) electrons. The number of pyridine rings is 1. The first-order chi connectivity index (χ1) is 17.3. The summed E-state index contributed by atoms with van der Waals surface area (Å²) >= 11 is 13.4. The van der Waals surface area contributed by atoms with Gasteiger partial charge >= 0.3 is 5.97 Å². The number of aromatic nitrogens is 1. The number of benzene rings is 2. The molecular weight excluding hydrogens is 540 g/mol. The SMILES string of the molecule is COP(=O)(Cc1cc(-c2ccc(-c3cc4ncccc4o3)cc2)sc1C(=O)O)c1ccc(Cl)cc1Cl. The molecule has 10 heteroatoms. The second-order valence-corrected chi connectivity index (χ2v) is 12.4. The van der Waals surface area contributed by atoms with Crippen LogP contribution in [-0.4, -0.2) is 23.2 Å². The molecule has 0 aliphatic rings. The van der Waals surface area contributed by atoms with E-state index in [1.807, 2.05) is 42.5 Å². The molecule has 5 rings (SSSR count). The molecule has 0 aliphatic carbocycles. The number of thiophene rings is 1. The van der Waals surface area contributed by atoms with Crippen molar-refractivity contribution in [3.63, 3.8) is 0 Å². The monoisotopic (exact) mass is 557 g/mol. The molecule has 6 nitrogen and oxygen atoms in total. The fourth-order valence-electron chi connectivity index (χ4n) is 3.91. The van der Waals surface area contributed by atoms with Gasteiger partial charge in [0.2, 0.25) is 7.37 Å². The van der Waals surface area contributed by atoms with Gasteiger partial charge in [-0.1, -0.05) is 47.5 Å². The molecule has 1 atom stereocenters. The summed E-state index contributed by atoms with van der Waals surface area (Å²) in [7, 11) is -2.18. The zero-order chi connectivity index (χ0) is 25.4. The van der Waals surface area contributed by atoms with Gasteiger partial charge in [-0.15, -0.1) is 11.3 Å². The fourth-order valence-corrected chi connectivity index (χ4v) is 7.72. The van der Waals surface area contributed by atoms with E-state index < -0.39 is 13.3 Å². The van der Waals surface area contributed by atoms with Gasteiger partial charge in [0.05, 0.1) is 16.5 Å². The van der Waals surface area contributed by atoms with Crippen LogP contribution in [0.25, 0.3) is 32.9 Å². The quantitative estimate of drug-likeness (QED) is 0.204. The van der Waals surface area contributed by atoms with Crippen LogP contribution in [0.1, 0.15) is 15.2 Å². The maximum absolute atomic E-state index is 13.7. The molecule has 182 valence electrons. The van der Waals surface area contributed by atoms with Gasteiger partial charge in [-0.3, -0.25) is 9.55 Å². The van der Waals surface area contributed by atoms with Crippen LogP contribution in [0, 0.1) is 0 Å². The summed E-state index contributed by atoms with van der Waals surface area (Å²) in [5.74, 6) is -0.410. The van der Waals surface area contributed by atoms with E-state index >= 15 is 0 Å². The molecule has 2 aromatic carbocycles. The lowest BCUT2D eigenvalue weighted by atomic mass is 10.1. The molecule has 5 aromatic rings. The maximum atomic E-state index is 13.7. The number of nitrogens with zero attached hydrogens (tertiary/aromatic N) is 1. The molecule has 0 saturated heterocycles. The molecule has 0 spiro atoms. The number of carboxylic acids is 1. The molecule has 3 aromatic heterocycles. The van der Waals surface area contributed by atoms with E-state index in [1.54, 1.807) is 24.4 Å². The number of carbonyl (C=O) groups is 1. The smallest absolute Gasteiger partial charge is 0.346 e. The molecule has 0 saturated carbocycles. The van der Waals surface area contributed by atoms with Crippen molar-refractivity contribution in [3.05, 3.63) is 93.4 Å². The average molecular weight is 558 g/mol. The van der Waals surface area contributed by atoms with Crippen LogP contribution >= 0.6 is 41.9 Å². The minimum Gasteiger partial charge on any atom is -0.477 e. The van der Waals surface area contributed by atoms with Crippen molar-refractivity contribution in [2.45, 2.75) is 6.16 Å². The summed E-state index contributed by atoms with van der Waals surface area (Å²) in [5, 5.41) is 10.7. The Hall–Kier alpha value is -2.93. The van der Waals surface area contributed by atoms with Gasteiger partial charge in [0.25, 0.3) is 0 Å². The number of furan rings is 1. The highest BCUT2D eigenvalue weighted by Gasteiger charge is 2.31. The first kappa shape index (κ1) is 24.8. The normalized spacial score (nSPS) is 13.1. The lowest BCUT2D eigenvalue weighted by Crippen LogP contribution is -2.11. The van der Waals surface area contributed by atoms with Gasteiger partial charge in [0, 0.05) is 34.8 Å². The third-order valence-corrected chi connectivity index (χ3v) is 10.1. The molecule has 0 amide bonds. The van der Waals surface area contributed by atoms with Crippen molar-refractivity contribution in [3.8, 4) is 21.8 Å². The number of halogens is 2. The van der Waals surface area contributed by atoms with Crippen LogP contribution in [0.3, 0.4) is 0 Å². The van der Waals surface area contributed by atoms with Crippen molar-refractivity contribution in [1.82, 2.24) is 4.98 Å². The lowest BCUT2D eigenvalue weighted by molar-refractivity contribution is 0.0701. The predicted octanol–water partition coefficient (Wildman–Crippen LogP) is 7.98. The van der Waals surface area contributed by atoms with E-state index in [9.17, 15) is 14.5 Å². The standard InChI is InChI=1S/C26H18Cl2NO5PS/c1-33-35(32,23-9-8-18(27)12-19(23)28)14-17-11-24(36-25(17)26(30)31)16-6-4-15(5-7-16)22-13-20-21(34-22)3-2-10-29-20/h2-13H,14H2,1H3,(H,30,31). The van der Waals surface area contributed by atoms with Crippen LogP contribution in [-0.2, 0) is 15.3 Å². The average Bonchev–Trinajstić information content (AvgIpc) is 3.48. The highest BCUT2D eigenvalue weighted by atomic mass is 35.5. The third kappa shape index (κ3) is 4.73. The number of aromatic carboxylic acids is 1. The number of rotatable bonds is 7. The van der Waals surface area contributed by atoms with Crippen molar-refractivity contribution in [2.24, 2.45) is 0 Å². The van der Waals surface area contributed by atoms with Crippen molar-refractivity contribution in [2.75, 3.05) is 7.11 Å². The Kier molecular flexibility index (Phi) is 6.77. The number of hydrogen-bond acceptors (Lipinski definition) is 6. The second-order valence-electron chi connectivity index (χ2n) is 7.95. The summed E-state index contributed by atoms with van der Waals surface area (Å²) in [4.78, 5) is 17.1. The first-order valence-electron chi connectivity index (χ1n) is 10.7. The van der Waals surface area contributed by atoms with Gasteiger partial charge in [-0.2, -0.15) is 0 Å². The molecule has 0 aliphatic heterocycles. The molecule has 0 bridgehead atoms. The lowest BCUT2D eigenvalue weighted by Gasteiger charge is -2.18. The van der Waals surface area contributed by atoms with Crippen LogP contribution in [0.2, 0.25) is 10.0 Å². The number of hydrogen-bond donors (Lipinski definition) is 1. The van der Waals surface area contributed by atoms with Crippen LogP contribution < -0.4 is 5.30 Å². The first-order valence-corrected chi connectivity index (χ1v) is 14.1. The summed E-state index contributed by atoms with van der Waals surface area (Å²) < 4.78 is 25.0. The largest absolute Gasteiger partial charge is 0.477 e. The molecule has 3 heterocycles. The Morgan fingerprint density at radius 1 is 1.08 bits per heavy atom. The second kappa shape index (κ2) is 9.85. The molecular formula is C26H18Cl2NO5PS. The fraction of sp³-hybridized carbons (Fsp3) is 0.0769. The Morgan fingerprint density at radius 3 is 2.50 bits per heavy atom. The molecule has 0 fully saturated rings. The van der Waals surface area contributed by atoms with Gasteiger partial charge in [0.1, 0.15) is 16.2 Å². The van der Waals surface area contributed by atoms with E-state index in [-0.39, 0.29) is 16.1 Å². The van der Waals surface area contributed by atoms with Gasteiger partial charge in [-0.25, -0.2) is 4.79 Å². The Balaban J connectivity index is 1.48. The highest BCUT2D eigenvalue weighted by molar-refractivity contribution is 7.66. The third-order valence-electron chi connectivity index (χ3n) is 5.69. The summed E-state index contributed by atoms with van der Waals surface area (Å²) in [5.41, 5.74) is 3.57.